The topological polar surface area (TPSA) is 37.8 Å². The van der Waals surface area contributed by atoms with Crippen molar-refractivity contribution < 1.29 is 0 Å². The fourth-order valence-electron chi connectivity index (χ4n) is 2.15. The van der Waals surface area contributed by atoms with Crippen molar-refractivity contribution in [1.82, 2.24) is 15.3 Å². The van der Waals surface area contributed by atoms with Gasteiger partial charge in [-0.25, -0.2) is 9.97 Å². The number of thiazole rings is 2. The second kappa shape index (κ2) is 4.84. The van der Waals surface area contributed by atoms with Crippen LogP contribution in [-0.4, -0.2) is 22.6 Å². The Bertz CT molecular complexity index is 497. The maximum absolute atomic E-state index is 4.68. The van der Waals surface area contributed by atoms with Gasteiger partial charge in [0.05, 0.1) is 10.0 Å². The highest BCUT2D eigenvalue weighted by atomic mass is 32.1. The van der Waals surface area contributed by atoms with Crippen LogP contribution in [0.3, 0.4) is 0 Å². The first-order valence-corrected chi connectivity index (χ1v) is 7.67. The number of nitrogens with zero attached hydrogens (tertiary/aromatic N) is 2. The molecule has 0 radical (unpaired) electrons. The van der Waals surface area contributed by atoms with E-state index >= 15 is 0 Å². The van der Waals surface area contributed by atoms with Crippen molar-refractivity contribution in [3.05, 3.63) is 20.8 Å². The third-order valence-electron chi connectivity index (χ3n) is 3.02. The molecule has 0 saturated carbocycles. The third-order valence-corrected chi connectivity index (χ3v) is 4.66. The number of hydrogen-bond acceptors (Lipinski definition) is 5. The molecule has 1 atom stereocenters. The van der Waals surface area contributed by atoms with Crippen molar-refractivity contribution >= 4 is 22.7 Å². The lowest BCUT2D eigenvalue weighted by Crippen LogP contribution is -2.23. The van der Waals surface area contributed by atoms with Gasteiger partial charge in [-0.15, -0.1) is 22.7 Å². The van der Waals surface area contributed by atoms with Crippen LogP contribution in [0.25, 0.3) is 11.4 Å². The molecule has 5 heteroatoms. The van der Waals surface area contributed by atoms with Crippen LogP contribution in [0.4, 0.5) is 0 Å². The minimum Gasteiger partial charge on any atom is -0.314 e. The molecule has 2 aromatic rings. The summed E-state index contributed by atoms with van der Waals surface area (Å²) in [5.74, 6) is 0. The maximum Gasteiger partial charge on any atom is 0.101 e. The lowest BCUT2D eigenvalue weighted by Gasteiger charge is -2.06. The predicted molar refractivity (Wildman–Crippen MR) is 72.7 cm³/mol. The van der Waals surface area contributed by atoms with Gasteiger partial charge in [-0.1, -0.05) is 0 Å². The van der Waals surface area contributed by atoms with Gasteiger partial charge in [0.15, 0.2) is 0 Å². The van der Waals surface area contributed by atoms with Gasteiger partial charge in [0, 0.05) is 23.2 Å². The lowest BCUT2D eigenvalue weighted by molar-refractivity contribution is 0.601. The average Bonchev–Trinajstić information content (AvgIpc) is 2.99. The smallest absolute Gasteiger partial charge is 0.101 e. The van der Waals surface area contributed by atoms with Gasteiger partial charge < -0.3 is 5.32 Å². The fourth-order valence-corrected chi connectivity index (χ4v) is 3.62. The molecule has 1 N–H and O–H groups in total. The Kier molecular flexibility index (Phi) is 3.22. The lowest BCUT2D eigenvalue weighted by atomic mass is 10.2. The van der Waals surface area contributed by atoms with Gasteiger partial charge >= 0.3 is 0 Å². The standard InChI is InChI=1S/C12H15N3S2/c1-8-14-10(6-16-8)11-7-17-12(15-11)5-9-3-2-4-13-9/h6-7,9,13H,2-5H2,1H3. The summed E-state index contributed by atoms with van der Waals surface area (Å²) in [7, 11) is 0. The summed E-state index contributed by atoms with van der Waals surface area (Å²) in [5.41, 5.74) is 2.06. The summed E-state index contributed by atoms with van der Waals surface area (Å²) in [5, 5.41) is 10.1. The molecule has 0 aliphatic carbocycles. The van der Waals surface area contributed by atoms with E-state index in [1.165, 1.54) is 17.8 Å². The summed E-state index contributed by atoms with van der Waals surface area (Å²) < 4.78 is 0. The van der Waals surface area contributed by atoms with Crippen LogP contribution in [0.15, 0.2) is 10.8 Å². The Balaban J connectivity index is 1.73. The maximum atomic E-state index is 4.68. The molecule has 0 aromatic carbocycles. The average molecular weight is 265 g/mol. The fraction of sp³-hybridized carbons (Fsp3) is 0.500. The Labute approximate surface area is 109 Å². The first-order valence-electron chi connectivity index (χ1n) is 5.91. The van der Waals surface area contributed by atoms with Gasteiger partial charge in [0.25, 0.3) is 0 Å². The number of rotatable bonds is 3. The Morgan fingerprint density at radius 2 is 2.12 bits per heavy atom. The van der Waals surface area contributed by atoms with Crippen molar-refractivity contribution in [2.24, 2.45) is 0 Å². The quantitative estimate of drug-likeness (QED) is 0.927. The third kappa shape index (κ3) is 2.56. The van der Waals surface area contributed by atoms with Crippen molar-refractivity contribution in [1.29, 1.82) is 0 Å². The van der Waals surface area contributed by atoms with Crippen molar-refractivity contribution in [3.63, 3.8) is 0 Å². The summed E-state index contributed by atoms with van der Waals surface area (Å²) in [6.45, 7) is 3.19. The first kappa shape index (κ1) is 11.3. The minimum absolute atomic E-state index is 0.631. The van der Waals surface area contributed by atoms with E-state index in [2.05, 4.69) is 26.0 Å². The Morgan fingerprint density at radius 1 is 1.29 bits per heavy atom. The first-order chi connectivity index (χ1) is 8.31. The van der Waals surface area contributed by atoms with Gasteiger partial charge in [0.1, 0.15) is 11.4 Å². The number of nitrogens with one attached hydrogen (secondary N) is 1. The van der Waals surface area contributed by atoms with E-state index in [0.29, 0.717) is 6.04 Å². The van der Waals surface area contributed by atoms with E-state index in [0.717, 1.165) is 29.4 Å². The molecule has 3 heterocycles. The van der Waals surface area contributed by atoms with E-state index < -0.39 is 0 Å². The Morgan fingerprint density at radius 3 is 2.82 bits per heavy atom. The van der Waals surface area contributed by atoms with Crippen LogP contribution in [0.2, 0.25) is 0 Å². The highest BCUT2D eigenvalue weighted by Crippen LogP contribution is 2.24. The molecular weight excluding hydrogens is 250 g/mol. The molecule has 1 unspecified atom stereocenters. The number of hydrogen-bond donors (Lipinski definition) is 1. The number of aryl methyl sites for hydroxylation is 1. The molecule has 1 saturated heterocycles. The summed E-state index contributed by atoms with van der Waals surface area (Å²) in [6.07, 6.45) is 3.65. The Hall–Kier alpha value is -0.780. The van der Waals surface area contributed by atoms with Crippen LogP contribution in [0.1, 0.15) is 22.9 Å². The van der Waals surface area contributed by atoms with Crippen LogP contribution in [0, 0.1) is 6.92 Å². The monoisotopic (exact) mass is 265 g/mol. The summed E-state index contributed by atoms with van der Waals surface area (Å²) in [6, 6.07) is 0.631. The summed E-state index contributed by atoms with van der Waals surface area (Å²) in [4.78, 5) is 9.15. The van der Waals surface area contributed by atoms with Gasteiger partial charge in [-0.3, -0.25) is 0 Å². The molecule has 0 spiro atoms. The van der Waals surface area contributed by atoms with Crippen molar-refractivity contribution in [2.45, 2.75) is 32.2 Å². The zero-order valence-corrected chi connectivity index (χ0v) is 11.4. The van der Waals surface area contributed by atoms with E-state index in [9.17, 15) is 0 Å². The van der Waals surface area contributed by atoms with Crippen molar-refractivity contribution in [3.8, 4) is 11.4 Å². The molecular formula is C12H15N3S2. The molecule has 3 nitrogen and oxygen atoms in total. The molecule has 3 rings (SSSR count). The molecule has 1 aliphatic heterocycles. The largest absolute Gasteiger partial charge is 0.314 e. The van der Waals surface area contributed by atoms with E-state index in [-0.39, 0.29) is 0 Å². The number of aromatic nitrogens is 2. The van der Waals surface area contributed by atoms with Crippen molar-refractivity contribution in [2.75, 3.05) is 6.54 Å². The van der Waals surface area contributed by atoms with Crippen LogP contribution in [-0.2, 0) is 6.42 Å². The second-order valence-electron chi connectivity index (χ2n) is 4.38. The highest BCUT2D eigenvalue weighted by molar-refractivity contribution is 7.10. The minimum atomic E-state index is 0.631. The molecule has 90 valence electrons. The zero-order valence-electron chi connectivity index (χ0n) is 9.77. The SMILES string of the molecule is Cc1nc(-c2csc(CC3CCCN3)n2)cs1. The van der Waals surface area contributed by atoms with Gasteiger partial charge in [-0.05, 0) is 26.3 Å². The normalized spacial score (nSPS) is 19.9. The zero-order chi connectivity index (χ0) is 11.7. The van der Waals surface area contributed by atoms with Gasteiger partial charge in [0.2, 0.25) is 0 Å². The summed E-state index contributed by atoms with van der Waals surface area (Å²) >= 11 is 3.44. The van der Waals surface area contributed by atoms with E-state index in [1.807, 2.05) is 6.92 Å². The second-order valence-corrected chi connectivity index (χ2v) is 6.38. The molecule has 0 amide bonds. The molecule has 1 fully saturated rings. The predicted octanol–water partition coefficient (Wildman–Crippen LogP) is 2.87. The van der Waals surface area contributed by atoms with Crippen LogP contribution in [0.5, 0.6) is 0 Å². The van der Waals surface area contributed by atoms with Crippen LogP contribution >= 0.6 is 22.7 Å². The highest BCUT2D eigenvalue weighted by Gasteiger charge is 2.16. The van der Waals surface area contributed by atoms with E-state index in [1.54, 1.807) is 22.7 Å². The molecule has 0 bridgehead atoms. The molecule has 2 aromatic heterocycles. The molecule has 17 heavy (non-hydrogen) atoms. The van der Waals surface area contributed by atoms with Crippen LogP contribution < -0.4 is 5.32 Å². The van der Waals surface area contributed by atoms with Gasteiger partial charge in [-0.2, -0.15) is 0 Å². The van der Waals surface area contributed by atoms with E-state index in [4.69, 9.17) is 0 Å². The molecule has 1 aliphatic rings.